The monoisotopic (exact) mass is 355 g/mol. The van der Waals surface area contributed by atoms with Gasteiger partial charge in [-0.3, -0.25) is 14.4 Å². The molecular formula is C20H29N5O. The zero-order valence-electron chi connectivity index (χ0n) is 16.0. The molecule has 0 saturated carbocycles. The molecule has 2 aromatic rings. The minimum Gasteiger partial charge on any atom is -0.378 e. The molecule has 0 spiro atoms. The van der Waals surface area contributed by atoms with E-state index in [2.05, 4.69) is 33.0 Å². The van der Waals surface area contributed by atoms with Gasteiger partial charge in [0.1, 0.15) is 0 Å². The van der Waals surface area contributed by atoms with Crippen molar-refractivity contribution in [3.63, 3.8) is 0 Å². The van der Waals surface area contributed by atoms with Gasteiger partial charge in [-0.25, -0.2) is 0 Å². The Morgan fingerprint density at radius 2 is 2.00 bits per heavy atom. The van der Waals surface area contributed by atoms with Crippen LogP contribution in [0, 0.1) is 0 Å². The number of fused-ring (bicyclic) bond motifs is 1. The highest BCUT2D eigenvalue weighted by Gasteiger charge is 2.18. The van der Waals surface area contributed by atoms with Crippen LogP contribution in [0.25, 0.3) is 0 Å². The first-order chi connectivity index (χ1) is 12.6. The number of nitrogens with zero attached hydrogens (tertiary/aromatic N) is 4. The minimum absolute atomic E-state index is 0.0640. The smallest absolute Gasteiger partial charge is 0.251 e. The summed E-state index contributed by atoms with van der Waals surface area (Å²) in [5.41, 5.74) is 3.92. The van der Waals surface area contributed by atoms with E-state index in [9.17, 15) is 4.79 Å². The maximum Gasteiger partial charge on any atom is 0.251 e. The normalized spacial score (nSPS) is 14.1. The summed E-state index contributed by atoms with van der Waals surface area (Å²) in [5, 5.41) is 7.61. The van der Waals surface area contributed by atoms with Crippen molar-refractivity contribution in [1.82, 2.24) is 20.0 Å². The molecular weight excluding hydrogens is 326 g/mol. The van der Waals surface area contributed by atoms with Crippen LogP contribution in [0.15, 0.2) is 30.3 Å². The summed E-state index contributed by atoms with van der Waals surface area (Å²) in [7, 11) is 3.97. The molecule has 0 unspecified atom stereocenters. The Labute approximate surface area is 155 Å². The van der Waals surface area contributed by atoms with Crippen molar-refractivity contribution in [2.24, 2.45) is 0 Å². The van der Waals surface area contributed by atoms with E-state index in [1.165, 1.54) is 18.5 Å². The maximum absolute atomic E-state index is 12.3. The molecule has 3 rings (SSSR count). The van der Waals surface area contributed by atoms with Gasteiger partial charge < -0.3 is 10.2 Å². The van der Waals surface area contributed by atoms with E-state index in [0.29, 0.717) is 12.1 Å². The van der Waals surface area contributed by atoms with Crippen LogP contribution in [0.3, 0.4) is 0 Å². The predicted octanol–water partition coefficient (Wildman–Crippen LogP) is 2.49. The summed E-state index contributed by atoms with van der Waals surface area (Å²) < 4.78 is 2.08. The third-order valence-corrected chi connectivity index (χ3v) is 4.83. The summed E-state index contributed by atoms with van der Waals surface area (Å²) in [5.74, 6) is -0.0640. The molecule has 1 aromatic heterocycles. The topological polar surface area (TPSA) is 53.4 Å². The number of nitrogens with one attached hydrogen (secondary N) is 1. The lowest BCUT2D eigenvalue weighted by atomic mass is 10.2. The van der Waals surface area contributed by atoms with Crippen molar-refractivity contribution in [3.8, 4) is 0 Å². The van der Waals surface area contributed by atoms with E-state index in [-0.39, 0.29) is 5.91 Å². The van der Waals surface area contributed by atoms with Gasteiger partial charge in [0.15, 0.2) is 0 Å². The Morgan fingerprint density at radius 3 is 2.69 bits per heavy atom. The molecule has 6 heteroatoms. The number of unbranched alkanes of at least 4 members (excludes halogenated alkanes) is 1. The van der Waals surface area contributed by atoms with Crippen molar-refractivity contribution >= 4 is 11.6 Å². The van der Waals surface area contributed by atoms with Gasteiger partial charge in [-0.1, -0.05) is 13.3 Å². The fourth-order valence-electron chi connectivity index (χ4n) is 3.22. The Kier molecular flexibility index (Phi) is 5.93. The molecule has 1 N–H and O–H groups in total. The minimum atomic E-state index is -0.0640. The SMILES string of the molecule is CCCCN1CCn2nc(CNC(=O)c3ccc(N(C)C)cc3)cc2C1. The van der Waals surface area contributed by atoms with E-state index < -0.39 is 0 Å². The third-order valence-electron chi connectivity index (χ3n) is 4.83. The molecule has 1 aromatic carbocycles. The van der Waals surface area contributed by atoms with Crippen molar-refractivity contribution in [3.05, 3.63) is 47.3 Å². The van der Waals surface area contributed by atoms with Crippen molar-refractivity contribution in [2.75, 3.05) is 32.1 Å². The van der Waals surface area contributed by atoms with Crippen LogP contribution in [0.4, 0.5) is 5.69 Å². The molecule has 0 saturated heterocycles. The molecule has 0 radical (unpaired) electrons. The molecule has 140 valence electrons. The average molecular weight is 355 g/mol. The van der Waals surface area contributed by atoms with Crippen LogP contribution in [0.2, 0.25) is 0 Å². The number of hydrogen-bond acceptors (Lipinski definition) is 4. The van der Waals surface area contributed by atoms with Crippen LogP contribution in [-0.4, -0.2) is 47.8 Å². The molecule has 0 fully saturated rings. The standard InChI is InChI=1S/C20H29N5O/c1-4-5-10-24-11-12-25-19(15-24)13-17(22-25)14-21-20(26)16-6-8-18(9-7-16)23(2)3/h6-9,13H,4-5,10-12,14-15H2,1-3H3,(H,21,26). The average Bonchev–Trinajstić information content (AvgIpc) is 3.06. The highest BCUT2D eigenvalue weighted by atomic mass is 16.1. The molecule has 1 aliphatic rings. The molecule has 2 heterocycles. The van der Waals surface area contributed by atoms with Gasteiger partial charge in [-0.2, -0.15) is 5.10 Å². The van der Waals surface area contributed by atoms with Gasteiger partial charge in [0.25, 0.3) is 5.91 Å². The van der Waals surface area contributed by atoms with Crippen LogP contribution in [0.5, 0.6) is 0 Å². The summed E-state index contributed by atoms with van der Waals surface area (Å²) in [6.45, 7) is 6.77. The molecule has 6 nitrogen and oxygen atoms in total. The number of benzene rings is 1. The van der Waals surface area contributed by atoms with Crippen LogP contribution < -0.4 is 10.2 Å². The molecule has 0 atom stereocenters. The second-order valence-electron chi connectivity index (χ2n) is 7.10. The molecule has 0 bridgehead atoms. The third kappa shape index (κ3) is 4.43. The van der Waals surface area contributed by atoms with Gasteiger partial charge in [0.2, 0.25) is 0 Å². The highest BCUT2D eigenvalue weighted by Crippen LogP contribution is 2.15. The fourth-order valence-corrected chi connectivity index (χ4v) is 3.22. The van der Waals surface area contributed by atoms with E-state index in [0.717, 1.165) is 37.6 Å². The van der Waals surface area contributed by atoms with Crippen LogP contribution >= 0.6 is 0 Å². The first-order valence-electron chi connectivity index (χ1n) is 9.40. The number of rotatable bonds is 7. The Bertz CT molecular complexity index is 735. The van der Waals surface area contributed by atoms with Crippen molar-refractivity contribution < 1.29 is 4.79 Å². The van der Waals surface area contributed by atoms with Crippen LogP contribution in [0.1, 0.15) is 41.5 Å². The largest absolute Gasteiger partial charge is 0.378 e. The number of aromatic nitrogens is 2. The predicted molar refractivity (Wildman–Crippen MR) is 104 cm³/mol. The Morgan fingerprint density at radius 1 is 1.23 bits per heavy atom. The second-order valence-corrected chi connectivity index (χ2v) is 7.10. The quantitative estimate of drug-likeness (QED) is 0.829. The zero-order chi connectivity index (χ0) is 18.5. The Hall–Kier alpha value is -2.34. The first-order valence-corrected chi connectivity index (χ1v) is 9.40. The molecule has 1 aliphatic heterocycles. The molecule has 1 amide bonds. The van der Waals surface area contributed by atoms with E-state index in [1.54, 1.807) is 0 Å². The second kappa shape index (κ2) is 8.36. The summed E-state index contributed by atoms with van der Waals surface area (Å²) in [4.78, 5) is 16.8. The lowest BCUT2D eigenvalue weighted by Gasteiger charge is -2.27. The lowest BCUT2D eigenvalue weighted by Crippen LogP contribution is -2.34. The van der Waals surface area contributed by atoms with E-state index >= 15 is 0 Å². The van der Waals surface area contributed by atoms with Gasteiger partial charge >= 0.3 is 0 Å². The lowest BCUT2D eigenvalue weighted by molar-refractivity contribution is 0.0950. The van der Waals surface area contributed by atoms with Crippen molar-refractivity contribution in [1.29, 1.82) is 0 Å². The number of carbonyl (C=O) groups is 1. The van der Waals surface area contributed by atoms with Gasteiger partial charge in [0.05, 0.1) is 24.5 Å². The number of anilines is 1. The van der Waals surface area contributed by atoms with E-state index in [1.807, 2.05) is 43.3 Å². The number of carbonyl (C=O) groups excluding carboxylic acids is 1. The Balaban J connectivity index is 1.55. The fraction of sp³-hybridized carbons (Fsp3) is 0.500. The summed E-state index contributed by atoms with van der Waals surface area (Å²) in [6, 6.07) is 9.74. The van der Waals surface area contributed by atoms with Gasteiger partial charge in [-0.05, 0) is 43.3 Å². The zero-order valence-corrected chi connectivity index (χ0v) is 16.0. The highest BCUT2D eigenvalue weighted by molar-refractivity contribution is 5.94. The number of hydrogen-bond donors (Lipinski definition) is 1. The van der Waals surface area contributed by atoms with Crippen molar-refractivity contribution in [2.45, 2.75) is 39.4 Å². The number of amides is 1. The molecule has 26 heavy (non-hydrogen) atoms. The van der Waals surface area contributed by atoms with Crippen LogP contribution in [-0.2, 0) is 19.6 Å². The summed E-state index contributed by atoms with van der Waals surface area (Å²) in [6.07, 6.45) is 2.46. The van der Waals surface area contributed by atoms with E-state index in [4.69, 9.17) is 0 Å². The van der Waals surface area contributed by atoms with Gasteiger partial charge in [-0.15, -0.1) is 0 Å². The maximum atomic E-state index is 12.3. The van der Waals surface area contributed by atoms with Gasteiger partial charge in [0, 0.05) is 38.4 Å². The molecule has 0 aliphatic carbocycles. The first kappa shape index (κ1) is 18.5. The summed E-state index contributed by atoms with van der Waals surface area (Å²) >= 11 is 0.